The van der Waals surface area contributed by atoms with Crippen LogP contribution >= 0.6 is 0 Å². The molecule has 11 atom stereocenters. The molecule has 2 bridgehead atoms. The molecule has 0 unspecified atom stereocenters. The molecule has 21 heteroatoms. The Balaban J connectivity index is 1.30. The zero-order valence-corrected chi connectivity index (χ0v) is 41.9. The van der Waals surface area contributed by atoms with E-state index in [0.29, 0.717) is 5.06 Å². The van der Waals surface area contributed by atoms with Gasteiger partial charge < -0.3 is 53.9 Å². The first kappa shape index (κ1) is 54.2. The van der Waals surface area contributed by atoms with Crippen LogP contribution in [-0.4, -0.2) is 134 Å². The first-order valence-electron chi connectivity index (χ1n) is 24.1. The summed E-state index contributed by atoms with van der Waals surface area (Å²) in [5.41, 5.74) is -9.10. The van der Waals surface area contributed by atoms with Gasteiger partial charge in [-0.2, -0.15) is 0 Å². The lowest BCUT2D eigenvalue weighted by molar-refractivity contribution is -0.346. The second-order valence-corrected chi connectivity index (χ2v) is 20.9. The second kappa shape index (κ2) is 20.4. The third kappa shape index (κ3) is 10.2. The number of rotatable bonds is 14. The van der Waals surface area contributed by atoms with E-state index in [1.54, 1.807) is 57.2 Å². The van der Waals surface area contributed by atoms with E-state index in [1.165, 1.54) is 52.0 Å². The van der Waals surface area contributed by atoms with Crippen molar-refractivity contribution in [3.63, 3.8) is 0 Å². The van der Waals surface area contributed by atoms with Crippen LogP contribution in [0.5, 0.6) is 0 Å². The second-order valence-electron chi connectivity index (χ2n) is 20.9. The predicted octanol–water partition coefficient (Wildman–Crippen LogP) is 3.59. The number of aliphatic hydroxyl groups excluding tert-OH is 2. The minimum atomic E-state index is -2.49. The monoisotopic (exact) mass is 1020 g/mol. The number of fused-ring (bicyclic) bond motifs is 5. The molecule has 3 aliphatic carbocycles. The number of alkyl carbamates (subject to hydrolysis) is 1. The summed E-state index contributed by atoms with van der Waals surface area (Å²) in [6.45, 7) is 11.3. The number of ether oxygens (including phenoxy) is 6. The maximum absolute atomic E-state index is 15.2. The molecule has 7 rings (SSSR count). The van der Waals surface area contributed by atoms with Gasteiger partial charge in [0.25, 0.3) is 11.8 Å². The Labute approximate surface area is 420 Å². The highest BCUT2D eigenvalue weighted by molar-refractivity contribution is 6.01. The van der Waals surface area contributed by atoms with Gasteiger partial charge >= 0.3 is 35.9 Å². The quantitative estimate of drug-likeness (QED) is 0.0910. The van der Waals surface area contributed by atoms with E-state index in [1.807, 2.05) is 0 Å². The van der Waals surface area contributed by atoms with Crippen molar-refractivity contribution in [3.8, 4) is 0 Å². The number of nitrogens with zero attached hydrogens (tertiary/aromatic N) is 1. The van der Waals surface area contributed by atoms with Gasteiger partial charge in [-0.1, -0.05) is 62.4 Å². The highest BCUT2D eigenvalue weighted by Crippen LogP contribution is 2.64. The molecule has 4 N–H and O–H groups in total. The first-order valence-corrected chi connectivity index (χ1v) is 24.1. The zero-order chi connectivity index (χ0) is 53.6. The van der Waals surface area contributed by atoms with Crippen molar-refractivity contribution in [3.05, 3.63) is 82.9 Å². The molecule has 73 heavy (non-hydrogen) atoms. The molecule has 2 aromatic carbocycles. The van der Waals surface area contributed by atoms with Crippen LogP contribution in [0.3, 0.4) is 0 Å². The largest absolute Gasteiger partial charge is 0.455 e. The van der Waals surface area contributed by atoms with Crippen molar-refractivity contribution >= 4 is 53.5 Å². The Morgan fingerprint density at radius 3 is 2.05 bits per heavy atom. The number of hydrogen-bond donors (Lipinski definition) is 4. The lowest BCUT2D eigenvalue weighted by Crippen LogP contribution is -2.81. The molecule has 21 nitrogen and oxygen atoms in total. The number of nitrogens with one attached hydrogen (secondary N) is 1. The van der Waals surface area contributed by atoms with Gasteiger partial charge in [-0.15, -0.1) is 5.06 Å². The number of imide groups is 1. The summed E-state index contributed by atoms with van der Waals surface area (Å²) in [6.07, 6.45) is -13.9. The Hall–Kier alpha value is -6.55. The number of hydrogen-bond acceptors (Lipinski definition) is 19. The van der Waals surface area contributed by atoms with Gasteiger partial charge in [0, 0.05) is 50.9 Å². The minimum Gasteiger partial charge on any atom is -0.455 e. The number of amides is 3. The van der Waals surface area contributed by atoms with Crippen LogP contribution in [0.25, 0.3) is 0 Å². The molecule has 2 aliphatic heterocycles. The number of aliphatic hydroxyl groups is 3. The lowest BCUT2D eigenvalue weighted by atomic mass is 9.44. The molecular weight excluding hydrogens is 957 g/mol. The van der Waals surface area contributed by atoms with Gasteiger partial charge in [0.1, 0.15) is 41.7 Å². The summed E-state index contributed by atoms with van der Waals surface area (Å²) >= 11 is 0. The van der Waals surface area contributed by atoms with Crippen molar-refractivity contribution in [1.82, 2.24) is 10.4 Å². The maximum Gasteiger partial charge on any atom is 0.408 e. The zero-order valence-electron chi connectivity index (χ0n) is 41.9. The van der Waals surface area contributed by atoms with Gasteiger partial charge in [-0.25, -0.2) is 19.2 Å². The topological polar surface area (TPSA) is 294 Å². The van der Waals surface area contributed by atoms with E-state index in [0.717, 1.165) is 6.92 Å². The molecule has 394 valence electrons. The van der Waals surface area contributed by atoms with E-state index in [4.69, 9.17) is 33.3 Å². The van der Waals surface area contributed by atoms with Crippen LogP contribution in [0.4, 0.5) is 4.79 Å². The van der Waals surface area contributed by atoms with Gasteiger partial charge in [0.05, 0.1) is 29.6 Å². The molecule has 3 amide bonds. The summed E-state index contributed by atoms with van der Waals surface area (Å²) in [7, 11) is 0. The van der Waals surface area contributed by atoms with E-state index in [-0.39, 0.29) is 54.6 Å². The molecule has 2 saturated heterocycles. The summed E-state index contributed by atoms with van der Waals surface area (Å²) in [5, 5.41) is 41.1. The SMILES string of the molecule is CC(=O)O[C@@]12CO[C@@H]1C[C@H](O)[C@@]1(C)C(=O)[C@H](O)C3=C(C)[C@H](OC(=O)[C@@H](OC(=O)CCCC(=O)ON4C(=O)CCC4=O)[C@H](NC(=O)OC(C)(C)C)c4ccccc4)C[C@@](O)([C@H](OC(=O)c4ccccc4)[C@@H]21)C3(C)C. The highest BCUT2D eigenvalue weighted by atomic mass is 16.7. The van der Waals surface area contributed by atoms with Crippen molar-refractivity contribution in [2.45, 2.75) is 160 Å². The van der Waals surface area contributed by atoms with Crippen molar-refractivity contribution in [1.29, 1.82) is 0 Å². The van der Waals surface area contributed by atoms with E-state index >= 15 is 9.59 Å². The highest BCUT2D eigenvalue weighted by Gasteiger charge is 2.78. The van der Waals surface area contributed by atoms with Crippen LogP contribution in [0.15, 0.2) is 71.8 Å². The van der Waals surface area contributed by atoms with Crippen molar-refractivity contribution in [2.75, 3.05) is 6.61 Å². The lowest BCUT2D eigenvalue weighted by Gasteiger charge is -2.67. The Bertz CT molecular complexity index is 2560. The van der Waals surface area contributed by atoms with Crippen LogP contribution in [-0.2, 0) is 66.8 Å². The third-order valence-corrected chi connectivity index (χ3v) is 14.8. The molecule has 2 aromatic rings. The Morgan fingerprint density at radius 1 is 0.877 bits per heavy atom. The number of carbonyl (C=O) groups excluding carboxylic acids is 9. The normalized spacial score (nSPS) is 30.2. The van der Waals surface area contributed by atoms with Crippen LogP contribution in [0.1, 0.15) is 122 Å². The third-order valence-electron chi connectivity index (χ3n) is 14.8. The predicted molar refractivity (Wildman–Crippen MR) is 249 cm³/mol. The fourth-order valence-electron chi connectivity index (χ4n) is 11.0. The minimum absolute atomic E-state index is 0.0202. The average molecular weight is 1020 g/mol. The van der Waals surface area contributed by atoms with Gasteiger partial charge in [-0.3, -0.25) is 24.0 Å². The molecule has 5 aliphatic rings. The number of carbonyl (C=O) groups is 9. The van der Waals surface area contributed by atoms with Gasteiger partial charge in [0.15, 0.2) is 11.4 Å². The standard InChI is InChI=1S/C52H62N2O19/c1-27-31(68-46(64)41(39(29-16-11-9-12-17-29)53-47(65)72-48(3,4)5)69-36(59)20-15-21-37(60)73-54-34(57)22-23-35(54)58)25-52(66)44(70-45(63)30-18-13-10-14-19-30)42-50(8,43(62)40(61)38(27)49(52,6)7)32(56)24-33-51(42,26-67-33)71-28(2)55/h9-14,16-19,31-33,39-42,44,56,61,66H,15,20-26H2,1-8H3,(H,53,65)/t31-,32+,33-,39-,40-,41+,42-,44-,50-,51+,52-/m1/s1. The summed E-state index contributed by atoms with van der Waals surface area (Å²) in [6, 6.07) is 14.0. The van der Waals surface area contributed by atoms with Crippen LogP contribution < -0.4 is 5.32 Å². The summed E-state index contributed by atoms with van der Waals surface area (Å²) in [4.78, 5) is 127. The Kier molecular flexibility index (Phi) is 15.2. The smallest absolute Gasteiger partial charge is 0.408 e. The number of esters is 4. The molecule has 0 aromatic heterocycles. The number of hydroxylamine groups is 2. The van der Waals surface area contributed by atoms with Crippen molar-refractivity contribution < 1.29 is 91.7 Å². The van der Waals surface area contributed by atoms with E-state index in [2.05, 4.69) is 5.32 Å². The molecule has 2 saturated carbocycles. The molecule has 2 heterocycles. The molecule has 0 spiro atoms. The van der Waals surface area contributed by atoms with Crippen LogP contribution in [0.2, 0.25) is 0 Å². The average Bonchev–Trinajstić information content (AvgIpc) is 3.63. The van der Waals surface area contributed by atoms with Crippen molar-refractivity contribution in [2.24, 2.45) is 16.7 Å². The first-order chi connectivity index (χ1) is 34.2. The van der Waals surface area contributed by atoms with Gasteiger partial charge in [-0.05, 0) is 69.9 Å². The maximum atomic E-state index is 15.2. The number of benzene rings is 2. The molecule has 4 fully saturated rings. The Morgan fingerprint density at radius 2 is 1.48 bits per heavy atom. The van der Waals surface area contributed by atoms with Crippen LogP contribution in [0, 0.1) is 16.7 Å². The van der Waals surface area contributed by atoms with E-state index in [9.17, 15) is 48.9 Å². The number of ketones is 1. The summed E-state index contributed by atoms with van der Waals surface area (Å²) in [5.74, 6) is -9.25. The molecule has 0 radical (unpaired) electrons. The number of Topliss-reactive ketones (excluding diaryl/α,β-unsaturated/α-hetero) is 1. The fraction of sp³-hybridized carbons (Fsp3) is 0.558. The summed E-state index contributed by atoms with van der Waals surface area (Å²) < 4.78 is 35.9. The molecular formula is C52H62N2O19. The fourth-order valence-corrected chi connectivity index (χ4v) is 11.0. The van der Waals surface area contributed by atoms with E-state index < -0.39 is 149 Å². The van der Waals surface area contributed by atoms with Gasteiger partial charge in [0.2, 0.25) is 6.10 Å².